The first-order valence-corrected chi connectivity index (χ1v) is 10.5. The second-order valence-electron chi connectivity index (χ2n) is 7.93. The van der Waals surface area contributed by atoms with Gasteiger partial charge in [0, 0.05) is 36.3 Å². The molecule has 2 aliphatic rings. The molecular weight excluding hydrogens is 441 g/mol. The molecule has 0 atom stereocenters. The van der Waals surface area contributed by atoms with E-state index >= 15 is 0 Å². The molecule has 2 aromatic rings. The van der Waals surface area contributed by atoms with E-state index in [4.69, 9.17) is 9.47 Å². The van der Waals surface area contributed by atoms with Crippen molar-refractivity contribution in [3.8, 4) is 11.5 Å². The molecule has 10 heteroatoms. The van der Waals surface area contributed by atoms with Crippen molar-refractivity contribution in [3.05, 3.63) is 53.6 Å². The molecule has 0 radical (unpaired) electrons. The Kier molecular flexibility index (Phi) is 6.73. The molecule has 1 fully saturated rings. The number of piperidine rings is 1. The maximum Gasteiger partial charge on any atom is 0.411 e. The van der Waals surface area contributed by atoms with Gasteiger partial charge in [0.2, 0.25) is 12.7 Å². The van der Waals surface area contributed by atoms with Crippen molar-refractivity contribution in [2.24, 2.45) is 5.92 Å². The molecule has 0 saturated carbocycles. The van der Waals surface area contributed by atoms with E-state index in [-0.39, 0.29) is 31.1 Å². The van der Waals surface area contributed by atoms with Gasteiger partial charge in [-0.2, -0.15) is 13.2 Å². The van der Waals surface area contributed by atoms with Gasteiger partial charge in [-0.1, -0.05) is 12.1 Å². The van der Waals surface area contributed by atoms with Gasteiger partial charge < -0.3 is 24.4 Å². The summed E-state index contributed by atoms with van der Waals surface area (Å²) in [4.78, 5) is 27.1. The number of fused-ring (bicyclic) bond motifs is 1. The Morgan fingerprint density at radius 2 is 1.73 bits per heavy atom. The molecule has 176 valence electrons. The molecule has 7 nitrogen and oxygen atoms in total. The zero-order valence-electron chi connectivity index (χ0n) is 17.7. The van der Waals surface area contributed by atoms with Gasteiger partial charge >= 0.3 is 6.18 Å². The lowest BCUT2D eigenvalue weighted by Gasteiger charge is -2.31. The summed E-state index contributed by atoms with van der Waals surface area (Å²) in [6.07, 6.45) is -3.31. The maximum absolute atomic E-state index is 12.8. The Morgan fingerprint density at radius 3 is 2.42 bits per heavy atom. The van der Waals surface area contributed by atoms with Gasteiger partial charge in [0.25, 0.3) is 5.91 Å². The lowest BCUT2D eigenvalue weighted by Crippen LogP contribution is -2.41. The number of hydrogen-bond acceptors (Lipinski definition) is 5. The van der Waals surface area contributed by atoms with E-state index in [1.807, 2.05) is 0 Å². The van der Waals surface area contributed by atoms with E-state index in [9.17, 15) is 22.8 Å². The van der Waals surface area contributed by atoms with Crippen LogP contribution in [0.2, 0.25) is 0 Å². The van der Waals surface area contributed by atoms with E-state index < -0.39 is 12.8 Å². The van der Waals surface area contributed by atoms with Gasteiger partial charge in [-0.05, 0) is 42.7 Å². The first-order chi connectivity index (χ1) is 15.8. The van der Waals surface area contributed by atoms with Crippen molar-refractivity contribution >= 4 is 17.5 Å². The SMILES string of the molecule is O=C(Nc1ccc2c(c1)OCO2)C1CCN(C(=O)c2ccc(COCC(F)(F)F)cc2)CC1. The van der Waals surface area contributed by atoms with Crippen LogP contribution in [0.3, 0.4) is 0 Å². The number of carbonyl (C=O) groups is 2. The standard InChI is InChI=1S/C23H23F3N2O5/c24-23(25,26)13-31-12-15-1-3-17(4-2-15)22(30)28-9-7-16(8-10-28)21(29)27-18-5-6-19-20(11-18)33-14-32-19/h1-6,11,16H,7-10,12-14H2,(H,27,29). The molecule has 2 aromatic carbocycles. The minimum absolute atomic E-state index is 0.107. The van der Waals surface area contributed by atoms with Crippen molar-refractivity contribution < 1.29 is 37.0 Å². The number of amides is 2. The lowest BCUT2D eigenvalue weighted by atomic mass is 9.95. The normalized spacial score (nSPS) is 16.0. The summed E-state index contributed by atoms with van der Waals surface area (Å²) >= 11 is 0. The predicted molar refractivity (Wildman–Crippen MR) is 112 cm³/mol. The van der Waals surface area contributed by atoms with Crippen molar-refractivity contribution in [2.75, 3.05) is 31.8 Å². The average molecular weight is 464 g/mol. The van der Waals surface area contributed by atoms with E-state index in [0.717, 1.165) is 0 Å². The monoisotopic (exact) mass is 464 g/mol. The summed E-state index contributed by atoms with van der Waals surface area (Å²) in [6, 6.07) is 11.5. The average Bonchev–Trinajstić information content (AvgIpc) is 3.26. The Hall–Kier alpha value is -3.27. The number of likely N-dealkylation sites (tertiary alicyclic amines) is 1. The first kappa shape index (κ1) is 22.9. The van der Waals surface area contributed by atoms with Crippen LogP contribution in [-0.4, -0.2) is 49.4 Å². The van der Waals surface area contributed by atoms with E-state index in [2.05, 4.69) is 10.1 Å². The maximum atomic E-state index is 12.8. The molecule has 0 aliphatic carbocycles. The summed E-state index contributed by atoms with van der Waals surface area (Å²) in [5.41, 5.74) is 1.62. The van der Waals surface area contributed by atoms with Crippen LogP contribution in [-0.2, 0) is 16.1 Å². The summed E-state index contributed by atoms with van der Waals surface area (Å²) in [6.45, 7) is -0.459. The number of carbonyl (C=O) groups excluding carboxylic acids is 2. The third-order valence-corrected chi connectivity index (χ3v) is 5.53. The van der Waals surface area contributed by atoms with Crippen LogP contribution < -0.4 is 14.8 Å². The molecule has 0 aromatic heterocycles. The topological polar surface area (TPSA) is 77.1 Å². The number of anilines is 1. The number of nitrogens with zero attached hydrogens (tertiary/aromatic N) is 1. The highest BCUT2D eigenvalue weighted by Crippen LogP contribution is 2.34. The smallest absolute Gasteiger partial charge is 0.411 e. The van der Waals surface area contributed by atoms with Gasteiger partial charge in [0.15, 0.2) is 11.5 Å². The second-order valence-corrected chi connectivity index (χ2v) is 7.93. The van der Waals surface area contributed by atoms with E-state index in [1.165, 1.54) is 0 Å². The lowest BCUT2D eigenvalue weighted by molar-refractivity contribution is -0.176. The fourth-order valence-corrected chi connectivity index (χ4v) is 3.77. The van der Waals surface area contributed by atoms with E-state index in [1.54, 1.807) is 47.4 Å². The molecule has 4 rings (SSSR count). The summed E-state index contributed by atoms with van der Waals surface area (Å²) in [5.74, 6) is 0.733. The minimum atomic E-state index is -4.37. The number of rotatable bonds is 6. The molecule has 2 heterocycles. The van der Waals surface area contributed by atoms with Crippen LogP contribution in [0.4, 0.5) is 18.9 Å². The van der Waals surface area contributed by atoms with Crippen LogP contribution in [0.5, 0.6) is 11.5 Å². The van der Waals surface area contributed by atoms with Gasteiger partial charge in [0.05, 0.1) is 6.61 Å². The largest absolute Gasteiger partial charge is 0.454 e. The Labute approximate surface area is 188 Å². The highest BCUT2D eigenvalue weighted by Gasteiger charge is 2.29. The fourth-order valence-electron chi connectivity index (χ4n) is 3.77. The Balaban J connectivity index is 1.25. The molecule has 2 amide bonds. The van der Waals surface area contributed by atoms with Crippen molar-refractivity contribution in [2.45, 2.75) is 25.6 Å². The van der Waals surface area contributed by atoms with Gasteiger partial charge in [-0.3, -0.25) is 9.59 Å². The Bertz CT molecular complexity index is 1000. The molecule has 0 bridgehead atoms. The van der Waals surface area contributed by atoms with Crippen LogP contribution in [0.1, 0.15) is 28.8 Å². The molecule has 2 aliphatic heterocycles. The van der Waals surface area contributed by atoms with Crippen LogP contribution in [0.25, 0.3) is 0 Å². The van der Waals surface area contributed by atoms with Gasteiger partial charge in [-0.25, -0.2) is 0 Å². The van der Waals surface area contributed by atoms with Gasteiger partial charge in [0.1, 0.15) is 6.61 Å². The van der Waals surface area contributed by atoms with Crippen molar-refractivity contribution in [3.63, 3.8) is 0 Å². The summed E-state index contributed by atoms with van der Waals surface area (Å²) in [5, 5.41) is 2.89. The second kappa shape index (κ2) is 9.70. The van der Waals surface area contributed by atoms with Crippen molar-refractivity contribution in [1.82, 2.24) is 4.90 Å². The molecule has 0 spiro atoms. The number of hydrogen-bond donors (Lipinski definition) is 1. The number of benzene rings is 2. The molecule has 1 N–H and O–H groups in total. The highest BCUT2D eigenvalue weighted by molar-refractivity contribution is 5.95. The number of ether oxygens (including phenoxy) is 3. The summed E-state index contributed by atoms with van der Waals surface area (Å²) < 4.78 is 51.7. The van der Waals surface area contributed by atoms with Crippen LogP contribution in [0, 0.1) is 5.92 Å². The minimum Gasteiger partial charge on any atom is -0.454 e. The zero-order chi connectivity index (χ0) is 23.4. The van der Waals surface area contributed by atoms with Crippen LogP contribution in [0.15, 0.2) is 42.5 Å². The highest BCUT2D eigenvalue weighted by atomic mass is 19.4. The molecule has 0 unspecified atom stereocenters. The quantitative estimate of drug-likeness (QED) is 0.700. The number of nitrogens with one attached hydrogen (secondary N) is 1. The van der Waals surface area contributed by atoms with E-state index in [0.29, 0.717) is 54.2 Å². The first-order valence-electron chi connectivity index (χ1n) is 10.5. The molecule has 1 saturated heterocycles. The van der Waals surface area contributed by atoms with Crippen LogP contribution >= 0.6 is 0 Å². The fraction of sp³-hybridized carbons (Fsp3) is 0.391. The molecular formula is C23H23F3N2O5. The molecule has 33 heavy (non-hydrogen) atoms. The zero-order valence-corrected chi connectivity index (χ0v) is 17.7. The van der Waals surface area contributed by atoms with Crippen molar-refractivity contribution in [1.29, 1.82) is 0 Å². The third-order valence-electron chi connectivity index (χ3n) is 5.53. The summed E-state index contributed by atoms with van der Waals surface area (Å²) in [7, 11) is 0. The third kappa shape index (κ3) is 5.95. The number of halogens is 3. The van der Waals surface area contributed by atoms with Gasteiger partial charge in [-0.15, -0.1) is 0 Å². The number of alkyl halides is 3. The Morgan fingerprint density at radius 1 is 1.03 bits per heavy atom. The predicted octanol–water partition coefficient (Wildman–Crippen LogP) is 3.99.